The summed E-state index contributed by atoms with van der Waals surface area (Å²) in [7, 11) is 1.28. The van der Waals surface area contributed by atoms with Crippen LogP contribution in [0.1, 0.15) is 11.3 Å². The van der Waals surface area contributed by atoms with Crippen molar-refractivity contribution in [1.29, 1.82) is 0 Å². The molecule has 0 fully saturated rings. The van der Waals surface area contributed by atoms with E-state index in [1.165, 1.54) is 25.7 Å². The maximum atomic E-state index is 11.1. The highest BCUT2D eigenvalue weighted by atomic mass is 16.7. The van der Waals surface area contributed by atoms with E-state index in [1.807, 2.05) is 0 Å². The van der Waals surface area contributed by atoms with Gasteiger partial charge in [0, 0.05) is 11.6 Å². The first-order valence-electron chi connectivity index (χ1n) is 3.89. The van der Waals surface area contributed by atoms with Crippen molar-refractivity contribution in [3.63, 3.8) is 0 Å². The lowest BCUT2D eigenvalue weighted by molar-refractivity contribution is -0.139. The summed E-state index contributed by atoms with van der Waals surface area (Å²) in [5, 5.41) is 3.55. The number of hydrogen-bond acceptors (Lipinski definition) is 5. The monoisotopic (exact) mass is 193 g/mol. The predicted octanol–water partition coefficient (Wildman–Crippen LogP) is 1.16. The maximum Gasteiger partial charge on any atom is 0.376 e. The van der Waals surface area contributed by atoms with Gasteiger partial charge >= 0.3 is 5.97 Å². The normalized spacial score (nSPS) is 13.6. The summed E-state index contributed by atoms with van der Waals surface area (Å²) in [6.45, 7) is 0. The molecule has 0 aromatic carbocycles. The lowest BCUT2D eigenvalue weighted by atomic mass is 10.2. The number of hydrogen-bond donors (Lipinski definition) is 0. The SMILES string of the molecule is COC(=O)C1=Cc2ccoc2C=NO1. The molecular weight excluding hydrogens is 186 g/mol. The molecular formula is C9H7NO4. The Bertz CT molecular complexity index is 416. The van der Waals surface area contributed by atoms with Crippen molar-refractivity contribution in [2.75, 3.05) is 7.11 Å². The number of fused-ring (bicyclic) bond motifs is 1. The van der Waals surface area contributed by atoms with Crippen LogP contribution in [0.3, 0.4) is 0 Å². The molecule has 0 amide bonds. The summed E-state index contributed by atoms with van der Waals surface area (Å²) in [6, 6.07) is 1.71. The molecule has 2 rings (SSSR count). The minimum Gasteiger partial charge on any atom is -0.463 e. The minimum absolute atomic E-state index is 0.0314. The van der Waals surface area contributed by atoms with Crippen LogP contribution in [0.4, 0.5) is 0 Å². The number of furan rings is 1. The van der Waals surface area contributed by atoms with E-state index in [-0.39, 0.29) is 5.76 Å². The molecule has 0 unspecified atom stereocenters. The average Bonchev–Trinajstić information content (AvgIpc) is 2.54. The number of oxime groups is 1. The van der Waals surface area contributed by atoms with Gasteiger partial charge in [0.2, 0.25) is 5.76 Å². The fourth-order valence-corrected chi connectivity index (χ4v) is 1.05. The zero-order valence-corrected chi connectivity index (χ0v) is 7.39. The second kappa shape index (κ2) is 3.37. The fourth-order valence-electron chi connectivity index (χ4n) is 1.05. The van der Waals surface area contributed by atoms with Gasteiger partial charge in [0.1, 0.15) is 6.21 Å². The third kappa shape index (κ3) is 1.39. The molecule has 0 aliphatic carbocycles. The summed E-state index contributed by atoms with van der Waals surface area (Å²) in [5.74, 6) is 0.00371. The quantitative estimate of drug-likeness (QED) is 0.628. The van der Waals surface area contributed by atoms with Crippen LogP contribution in [0.25, 0.3) is 6.08 Å². The Morgan fingerprint density at radius 1 is 1.57 bits per heavy atom. The molecule has 0 radical (unpaired) electrons. The van der Waals surface area contributed by atoms with E-state index in [9.17, 15) is 4.79 Å². The largest absolute Gasteiger partial charge is 0.463 e. The molecule has 0 saturated heterocycles. The van der Waals surface area contributed by atoms with Gasteiger partial charge in [-0.15, -0.1) is 0 Å². The number of nitrogens with zero attached hydrogens (tertiary/aromatic N) is 1. The molecule has 1 aliphatic rings. The van der Waals surface area contributed by atoms with Gasteiger partial charge in [0.25, 0.3) is 0 Å². The molecule has 5 nitrogen and oxygen atoms in total. The van der Waals surface area contributed by atoms with Crippen LogP contribution < -0.4 is 0 Å². The van der Waals surface area contributed by atoms with Crippen LogP contribution in [-0.2, 0) is 14.4 Å². The van der Waals surface area contributed by atoms with Gasteiger partial charge in [-0.2, -0.15) is 0 Å². The topological polar surface area (TPSA) is 61.0 Å². The maximum absolute atomic E-state index is 11.1. The number of methoxy groups -OCH3 is 1. The van der Waals surface area contributed by atoms with E-state index in [0.717, 1.165) is 5.56 Å². The van der Waals surface area contributed by atoms with Crippen molar-refractivity contribution in [2.24, 2.45) is 5.16 Å². The summed E-state index contributed by atoms with van der Waals surface area (Å²) in [5.41, 5.74) is 0.728. The molecule has 72 valence electrons. The summed E-state index contributed by atoms with van der Waals surface area (Å²) in [6.07, 6.45) is 4.41. The molecule has 1 aromatic heterocycles. The number of esters is 1. The highest BCUT2D eigenvalue weighted by molar-refractivity contribution is 5.94. The van der Waals surface area contributed by atoms with Gasteiger partial charge in [-0.05, 0) is 6.07 Å². The van der Waals surface area contributed by atoms with E-state index in [2.05, 4.69) is 9.89 Å². The molecule has 1 aliphatic heterocycles. The molecule has 2 heterocycles. The smallest absolute Gasteiger partial charge is 0.376 e. The Kier molecular flexibility index (Phi) is 2.06. The van der Waals surface area contributed by atoms with Gasteiger partial charge in [-0.25, -0.2) is 4.79 Å². The Morgan fingerprint density at radius 3 is 3.21 bits per heavy atom. The first-order valence-corrected chi connectivity index (χ1v) is 3.89. The Labute approximate surface area is 79.6 Å². The van der Waals surface area contributed by atoms with Gasteiger partial charge in [0.05, 0.1) is 13.4 Å². The third-order valence-corrected chi connectivity index (χ3v) is 1.72. The van der Waals surface area contributed by atoms with Crippen LogP contribution in [0.15, 0.2) is 27.7 Å². The Balaban J connectivity index is 2.40. The molecule has 0 bridgehead atoms. The number of rotatable bonds is 1. The standard InChI is InChI=1S/C9H7NO4/c1-12-9(11)7-4-6-2-3-13-8(6)5-10-14-7/h2-5H,1H3. The first-order chi connectivity index (χ1) is 6.81. The third-order valence-electron chi connectivity index (χ3n) is 1.72. The second-order valence-electron chi connectivity index (χ2n) is 2.57. The molecule has 0 spiro atoms. The van der Waals surface area contributed by atoms with Crippen LogP contribution in [0.5, 0.6) is 0 Å². The van der Waals surface area contributed by atoms with Crippen molar-refractivity contribution in [3.05, 3.63) is 29.4 Å². The van der Waals surface area contributed by atoms with E-state index >= 15 is 0 Å². The lowest BCUT2D eigenvalue weighted by Crippen LogP contribution is -2.05. The minimum atomic E-state index is -0.573. The lowest BCUT2D eigenvalue weighted by Gasteiger charge is -1.99. The molecule has 14 heavy (non-hydrogen) atoms. The van der Waals surface area contributed by atoms with Crippen molar-refractivity contribution in [1.82, 2.24) is 0 Å². The van der Waals surface area contributed by atoms with Gasteiger partial charge in [-0.1, -0.05) is 5.16 Å². The Hall–Kier alpha value is -2.04. The predicted molar refractivity (Wildman–Crippen MR) is 47.4 cm³/mol. The molecule has 0 atom stereocenters. The van der Waals surface area contributed by atoms with Crippen molar-refractivity contribution >= 4 is 18.3 Å². The zero-order chi connectivity index (χ0) is 9.97. The van der Waals surface area contributed by atoms with Gasteiger partial charge in [-0.3, -0.25) is 0 Å². The van der Waals surface area contributed by atoms with E-state index in [0.29, 0.717) is 5.76 Å². The van der Waals surface area contributed by atoms with E-state index < -0.39 is 5.97 Å². The second-order valence-corrected chi connectivity index (χ2v) is 2.57. The molecule has 1 aromatic rings. The zero-order valence-electron chi connectivity index (χ0n) is 7.39. The van der Waals surface area contributed by atoms with Crippen LogP contribution in [-0.4, -0.2) is 19.3 Å². The van der Waals surface area contributed by atoms with E-state index in [1.54, 1.807) is 6.07 Å². The highest BCUT2D eigenvalue weighted by Gasteiger charge is 2.16. The summed E-state index contributed by atoms with van der Waals surface area (Å²) < 4.78 is 9.57. The van der Waals surface area contributed by atoms with E-state index in [4.69, 9.17) is 9.25 Å². The van der Waals surface area contributed by atoms with Crippen LogP contribution >= 0.6 is 0 Å². The average molecular weight is 193 g/mol. The Morgan fingerprint density at radius 2 is 2.43 bits per heavy atom. The van der Waals surface area contributed by atoms with Crippen molar-refractivity contribution in [2.45, 2.75) is 0 Å². The number of carbonyl (C=O) groups is 1. The number of ether oxygens (including phenoxy) is 1. The van der Waals surface area contributed by atoms with Crippen molar-refractivity contribution < 1.29 is 18.8 Å². The molecule has 0 saturated carbocycles. The summed E-state index contributed by atoms with van der Waals surface area (Å²) >= 11 is 0. The van der Waals surface area contributed by atoms with Crippen molar-refractivity contribution in [3.8, 4) is 0 Å². The number of carbonyl (C=O) groups excluding carboxylic acids is 1. The van der Waals surface area contributed by atoms with Gasteiger partial charge < -0.3 is 14.0 Å². The van der Waals surface area contributed by atoms with Crippen LogP contribution in [0, 0.1) is 0 Å². The van der Waals surface area contributed by atoms with Crippen LogP contribution in [0.2, 0.25) is 0 Å². The highest BCUT2D eigenvalue weighted by Crippen LogP contribution is 2.17. The summed E-state index contributed by atoms with van der Waals surface area (Å²) in [4.78, 5) is 15.9. The molecule has 0 N–H and O–H groups in total. The molecule has 5 heteroatoms. The van der Waals surface area contributed by atoms with Gasteiger partial charge in [0.15, 0.2) is 5.76 Å². The fraction of sp³-hybridized carbons (Fsp3) is 0.111. The first kappa shape index (κ1) is 8.55.